The van der Waals surface area contributed by atoms with Gasteiger partial charge in [0.25, 0.3) is 0 Å². The van der Waals surface area contributed by atoms with Crippen LogP contribution in [0.2, 0.25) is 0 Å². The molecule has 2 aromatic rings. The Balaban J connectivity index is 1.87. The molecular formula is C18H23NO2. The zero-order chi connectivity index (χ0) is 14.7. The first-order valence-electron chi connectivity index (χ1n) is 7.96. The Hall–Kier alpha value is -1.61. The highest BCUT2D eigenvalue weighted by atomic mass is 16.5. The lowest BCUT2D eigenvalue weighted by molar-refractivity contribution is 0.119. The van der Waals surface area contributed by atoms with Gasteiger partial charge in [0.1, 0.15) is 6.10 Å². The van der Waals surface area contributed by atoms with Crippen molar-refractivity contribution in [3.63, 3.8) is 0 Å². The largest absolute Gasteiger partial charge is 0.474 e. The summed E-state index contributed by atoms with van der Waals surface area (Å²) in [6, 6.07) is 8.02. The molecule has 0 saturated heterocycles. The number of aliphatic hydroxyl groups is 1. The molecule has 1 aromatic heterocycles. The molecule has 0 aliphatic heterocycles. The molecule has 0 amide bonds. The molecule has 1 aliphatic rings. The van der Waals surface area contributed by atoms with E-state index in [0.717, 1.165) is 35.1 Å². The maximum atomic E-state index is 9.43. The van der Waals surface area contributed by atoms with Crippen molar-refractivity contribution in [1.82, 2.24) is 4.98 Å². The summed E-state index contributed by atoms with van der Waals surface area (Å²) in [6.07, 6.45) is 8.07. The third kappa shape index (κ3) is 3.03. The van der Waals surface area contributed by atoms with E-state index in [1.807, 2.05) is 24.3 Å². The fourth-order valence-corrected chi connectivity index (χ4v) is 3.32. The molecule has 1 saturated carbocycles. The Kier molecular flexibility index (Phi) is 4.39. The fourth-order valence-electron chi connectivity index (χ4n) is 3.32. The van der Waals surface area contributed by atoms with Crippen LogP contribution < -0.4 is 4.74 Å². The van der Waals surface area contributed by atoms with Gasteiger partial charge in [-0.05, 0) is 36.6 Å². The predicted molar refractivity (Wildman–Crippen MR) is 84.3 cm³/mol. The summed E-state index contributed by atoms with van der Waals surface area (Å²) in [6.45, 7) is 2.27. The van der Waals surface area contributed by atoms with Gasteiger partial charge in [-0.2, -0.15) is 0 Å². The molecule has 3 rings (SSSR count). The third-order valence-electron chi connectivity index (χ3n) is 4.60. The lowest BCUT2D eigenvalue weighted by atomic mass is 9.85. The van der Waals surface area contributed by atoms with E-state index in [0.29, 0.717) is 5.88 Å². The van der Waals surface area contributed by atoms with E-state index < -0.39 is 0 Å². The molecule has 21 heavy (non-hydrogen) atoms. The molecule has 1 heterocycles. The molecule has 2 unspecified atom stereocenters. The fraction of sp³-hybridized carbons (Fsp3) is 0.500. The van der Waals surface area contributed by atoms with Gasteiger partial charge in [0.05, 0.1) is 6.61 Å². The van der Waals surface area contributed by atoms with E-state index >= 15 is 0 Å². The first-order valence-corrected chi connectivity index (χ1v) is 7.96. The van der Waals surface area contributed by atoms with Crippen LogP contribution in [0.3, 0.4) is 0 Å². The molecule has 1 aromatic carbocycles. The van der Waals surface area contributed by atoms with E-state index in [-0.39, 0.29) is 12.7 Å². The molecule has 0 radical (unpaired) electrons. The lowest BCUT2D eigenvalue weighted by Crippen LogP contribution is -2.25. The van der Waals surface area contributed by atoms with Gasteiger partial charge in [0.15, 0.2) is 0 Å². The summed E-state index contributed by atoms with van der Waals surface area (Å²) in [5.41, 5.74) is 0.855. The van der Waals surface area contributed by atoms with Crippen LogP contribution in [-0.2, 0) is 6.61 Å². The monoisotopic (exact) mass is 285 g/mol. The Bertz CT molecular complexity index is 611. The maximum absolute atomic E-state index is 9.43. The first-order chi connectivity index (χ1) is 10.3. The van der Waals surface area contributed by atoms with E-state index in [4.69, 9.17) is 4.74 Å². The first kappa shape index (κ1) is 14.3. The highest BCUT2D eigenvalue weighted by Crippen LogP contribution is 2.32. The SMILES string of the molecule is CCC1CCCC(Oc2ncc(CO)c3ccccc23)C1. The van der Waals surface area contributed by atoms with E-state index in [9.17, 15) is 5.11 Å². The summed E-state index contributed by atoms with van der Waals surface area (Å²) in [5.74, 6) is 1.50. The van der Waals surface area contributed by atoms with E-state index in [1.54, 1.807) is 6.20 Å². The van der Waals surface area contributed by atoms with Crippen molar-refractivity contribution in [3.05, 3.63) is 36.0 Å². The van der Waals surface area contributed by atoms with Crippen molar-refractivity contribution in [2.75, 3.05) is 0 Å². The van der Waals surface area contributed by atoms with E-state index in [2.05, 4.69) is 11.9 Å². The summed E-state index contributed by atoms with van der Waals surface area (Å²) in [5, 5.41) is 11.5. The molecule has 1 aliphatic carbocycles. The van der Waals surface area contributed by atoms with Gasteiger partial charge in [-0.1, -0.05) is 38.0 Å². The van der Waals surface area contributed by atoms with Gasteiger partial charge in [0.2, 0.25) is 5.88 Å². The lowest BCUT2D eigenvalue weighted by Gasteiger charge is -2.29. The normalized spacial score (nSPS) is 22.4. The van der Waals surface area contributed by atoms with Crippen LogP contribution in [0.4, 0.5) is 0 Å². The van der Waals surface area contributed by atoms with Crippen molar-refractivity contribution in [1.29, 1.82) is 0 Å². The maximum Gasteiger partial charge on any atom is 0.221 e. The molecule has 1 N–H and O–H groups in total. The van der Waals surface area contributed by atoms with Crippen molar-refractivity contribution in [2.24, 2.45) is 5.92 Å². The molecular weight excluding hydrogens is 262 g/mol. The topological polar surface area (TPSA) is 42.4 Å². The molecule has 0 spiro atoms. The van der Waals surface area contributed by atoms with Crippen molar-refractivity contribution in [3.8, 4) is 5.88 Å². The predicted octanol–water partition coefficient (Wildman–Crippen LogP) is 4.07. The molecule has 2 atom stereocenters. The highest BCUT2D eigenvalue weighted by molar-refractivity contribution is 5.89. The van der Waals surface area contributed by atoms with Crippen LogP contribution in [-0.4, -0.2) is 16.2 Å². The zero-order valence-corrected chi connectivity index (χ0v) is 12.6. The number of ether oxygens (including phenoxy) is 1. The van der Waals surface area contributed by atoms with Gasteiger partial charge >= 0.3 is 0 Å². The van der Waals surface area contributed by atoms with Crippen LogP contribution in [0.1, 0.15) is 44.6 Å². The number of nitrogens with zero attached hydrogens (tertiary/aromatic N) is 1. The van der Waals surface area contributed by atoms with Gasteiger partial charge in [0, 0.05) is 17.1 Å². The van der Waals surface area contributed by atoms with Crippen molar-refractivity contribution in [2.45, 2.75) is 51.7 Å². The average Bonchev–Trinajstić information content (AvgIpc) is 2.55. The van der Waals surface area contributed by atoms with Crippen LogP contribution in [0.15, 0.2) is 30.5 Å². The summed E-state index contributed by atoms with van der Waals surface area (Å²) < 4.78 is 6.21. The molecule has 3 nitrogen and oxygen atoms in total. The smallest absolute Gasteiger partial charge is 0.221 e. The number of rotatable bonds is 4. The van der Waals surface area contributed by atoms with Gasteiger partial charge < -0.3 is 9.84 Å². The summed E-state index contributed by atoms with van der Waals surface area (Å²) in [4.78, 5) is 4.44. The second-order valence-corrected chi connectivity index (χ2v) is 5.97. The van der Waals surface area contributed by atoms with Crippen LogP contribution in [0, 0.1) is 5.92 Å². The Morgan fingerprint density at radius 3 is 2.81 bits per heavy atom. The standard InChI is InChI=1S/C18H23NO2/c1-2-13-6-5-7-15(10-13)21-18-17-9-4-3-8-16(17)14(12-20)11-19-18/h3-4,8-9,11,13,15,20H,2,5-7,10,12H2,1H3. The van der Waals surface area contributed by atoms with Crippen molar-refractivity contribution >= 4 is 10.8 Å². The number of hydrogen-bond donors (Lipinski definition) is 1. The van der Waals surface area contributed by atoms with E-state index in [1.165, 1.54) is 19.3 Å². The minimum absolute atomic E-state index is 0.00906. The second-order valence-electron chi connectivity index (χ2n) is 5.97. The Morgan fingerprint density at radius 2 is 2.05 bits per heavy atom. The molecule has 1 fully saturated rings. The highest BCUT2D eigenvalue weighted by Gasteiger charge is 2.23. The Labute approximate surface area is 126 Å². The van der Waals surface area contributed by atoms with Gasteiger partial charge in [-0.25, -0.2) is 4.98 Å². The summed E-state index contributed by atoms with van der Waals surface area (Å²) in [7, 11) is 0. The van der Waals surface area contributed by atoms with Gasteiger partial charge in [-0.15, -0.1) is 0 Å². The Morgan fingerprint density at radius 1 is 1.24 bits per heavy atom. The van der Waals surface area contributed by atoms with Crippen LogP contribution in [0.25, 0.3) is 10.8 Å². The van der Waals surface area contributed by atoms with Crippen LogP contribution in [0.5, 0.6) is 5.88 Å². The minimum atomic E-state index is 0.00906. The minimum Gasteiger partial charge on any atom is -0.474 e. The van der Waals surface area contributed by atoms with Crippen molar-refractivity contribution < 1.29 is 9.84 Å². The number of aliphatic hydroxyl groups excluding tert-OH is 1. The molecule has 0 bridgehead atoms. The van der Waals surface area contributed by atoms with Gasteiger partial charge in [-0.3, -0.25) is 0 Å². The average molecular weight is 285 g/mol. The molecule has 3 heteroatoms. The number of pyridine rings is 1. The number of aromatic nitrogens is 1. The zero-order valence-electron chi connectivity index (χ0n) is 12.6. The summed E-state index contributed by atoms with van der Waals surface area (Å²) >= 11 is 0. The number of fused-ring (bicyclic) bond motifs is 1. The quantitative estimate of drug-likeness (QED) is 0.920. The second kappa shape index (κ2) is 6.44. The van der Waals surface area contributed by atoms with Crippen LogP contribution >= 0.6 is 0 Å². The number of hydrogen-bond acceptors (Lipinski definition) is 3. The third-order valence-corrected chi connectivity index (χ3v) is 4.60. The molecule has 112 valence electrons. The number of benzene rings is 1.